The van der Waals surface area contributed by atoms with E-state index < -0.39 is 0 Å². The highest BCUT2D eigenvalue weighted by Crippen LogP contribution is 2.47. The van der Waals surface area contributed by atoms with Crippen LogP contribution in [0.25, 0.3) is 188 Å². The van der Waals surface area contributed by atoms with Crippen molar-refractivity contribution in [3.8, 4) is 89.5 Å². The van der Waals surface area contributed by atoms with Crippen molar-refractivity contribution in [3.63, 3.8) is 0 Å². The minimum absolute atomic E-state index is 1.13. The Morgan fingerprint density at radius 2 is 0.378 bits per heavy atom. The number of benzene rings is 16. The van der Waals surface area contributed by atoms with Crippen molar-refractivity contribution >= 4 is 98.0 Å². The van der Waals surface area contributed by atoms with E-state index in [1.54, 1.807) is 0 Å². The molecule has 0 radical (unpaired) electrons. The number of hydrogen-bond acceptors (Lipinski definition) is 0. The van der Waals surface area contributed by atoms with Gasteiger partial charge in [-0.2, -0.15) is 0 Å². The highest BCUT2D eigenvalue weighted by Gasteiger charge is 2.24. The average molecular weight is 1250 g/mol. The Kier molecular flexibility index (Phi) is 12.6. The van der Waals surface area contributed by atoms with E-state index in [2.05, 4.69) is 382 Å². The molecule has 0 atom stereocenters. The lowest BCUT2D eigenvalue weighted by Crippen LogP contribution is -1.94. The fraction of sp³-hybridized carbons (Fsp3) is 0. The molecule has 16 aromatic carbocycles. The lowest BCUT2D eigenvalue weighted by atomic mass is 9.95. The molecule has 20 aromatic rings. The third kappa shape index (κ3) is 8.71. The van der Waals surface area contributed by atoms with Crippen LogP contribution in [0.1, 0.15) is 0 Å². The van der Waals surface area contributed by atoms with E-state index in [4.69, 9.17) is 0 Å². The first kappa shape index (κ1) is 55.4. The van der Waals surface area contributed by atoms with Crippen LogP contribution in [0.5, 0.6) is 0 Å². The van der Waals surface area contributed by atoms with Crippen LogP contribution < -0.4 is 0 Å². The van der Waals surface area contributed by atoms with Crippen LogP contribution in [0, 0.1) is 0 Å². The van der Waals surface area contributed by atoms with E-state index in [0.29, 0.717) is 0 Å². The molecule has 0 saturated carbocycles. The molecule has 4 aromatic heterocycles. The Hall–Kier alpha value is -13.0. The smallest absolute Gasteiger partial charge is 0.0547 e. The zero-order chi connectivity index (χ0) is 64.4. The summed E-state index contributed by atoms with van der Waals surface area (Å²) in [5.41, 5.74) is 28.5. The molecule has 4 heteroatoms. The molecular weight excluding hydrogens is 1190 g/mol. The zero-order valence-corrected chi connectivity index (χ0v) is 53.4. The molecule has 0 aliphatic heterocycles. The van der Waals surface area contributed by atoms with Gasteiger partial charge in [-0.1, -0.05) is 261 Å². The molecule has 0 aliphatic rings. The minimum atomic E-state index is 1.13. The molecule has 0 amide bonds. The van der Waals surface area contributed by atoms with Gasteiger partial charge in [0.15, 0.2) is 0 Å². The Morgan fingerprint density at radius 3 is 0.724 bits per heavy atom. The van der Waals surface area contributed by atoms with Gasteiger partial charge in [0.05, 0.1) is 44.1 Å². The SMILES string of the molecule is c1ccc(-c2ccc(-n3c4ccccc4c4c(-c5cccc6c5c5ccccc5n6-c5ccc(-c6ccc(-c7ccc8cc(-n9c%10ccccc%10c%10c(-c%11cccc%12c%11c%11ccccc%11n%12-c%11ccc(-c%12ccccc%12)cc%11)cccc%109)ccc8c7)cc6)cc5)cccc43)cc2)cc1. The van der Waals surface area contributed by atoms with Gasteiger partial charge in [0.2, 0.25) is 0 Å². The fourth-order valence-corrected chi connectivity index (χ4v) is 16.2. The summed E-state index contributed by atoms with van der Waals surface area (Å²) in [6, 6.07) is 134. The van der Waals surface area contributed by atoms with Gasteiger partial charge in [-0.05, 0) is 181 Å². The molecule has 0 saturated heterocycles. The molecule has 0 N–H and O–H groups in total. The largest absolute Gasteiger partial charge is 0.309 e. The summed E-state index contributed by atoms with van der Waals surface area (Å²) in [6.07, 6.45) is 0. The van der Waals surface area contributed by atoms with Gasteiger partial charge < -0.3 is 18.3 Å². The maximum Gasteiger partial charge on any atom is 0.0547 e. The van der Waals surface area contributed by atoms with Crippen LogP contribution in [0.4, 0.5) is 0 Å². The first-order valence-corrected chi connectivity index (χ1v) is 33.8. The second kappa shape index (κ2) is 22.3. The summed E-state index contributed by atoms with van der Waals surface area (Å²) in [5.74, 6) is 0. The molecule has 0 spiro atoms. The maximum atomic E-state index is 2.46. The normalized spacial score (nSPS) is 11.9. The summed E-state index contributed by atoms with van der Waals surface area (Å²) in [5, 5.41) is 12.3. The predicted molar refractivity (Wildman–Crippen MR) is 414 cm³/mol. The summed E-state index contributed by atoms with van der Waals surface area (Å²) < 4.78 is 9.76. The lowest BCUT2D eigenvalue weighted by molar-refractivity contribution is 1.18. The van der Waals surface area contributed by atoms with Crippen LogP contribution in [0.2, 0.25) is 0 Å². The Bertz CT molecular complexity index is 6540. The van der Waals surface area contributed by atoms with Crippen molar-refractivity contribution in [2.75, 3.05) is 0 Å². The maximum absolute atomic E-state index is 2.46. The zero-order valence-electron chi connectivity index (χ0n) is 53.4. The van der Waals surface area contributed by atoms with E-state index in [1.807, 2.05) is 0 Å². The molecule has 4 heterocycles. The second-order valence-electron chi connectivity index (χ2n) is 25.9. The van der Waals surface area contributed by atoms with Crippen molar-refractivity contribution in [2.24, 2.45) is 0 Å². The molecule has 4 nitrogen and oxygen atoms in total. The fourth-order valence-electron chi connectivity index (χ4n) is 16.2. The summed E-state index contributed by atoms with van der Waals surface area (Å²) in [7, 11) is 0. The molecular formula is C94H60N4. The van der Waals surface area contributed by atoms with Gasteiger partial charge in [-0.25, -0.2) is 0 Å². The Labute approximate surface area is 566 Å². The average Bonchev–Trinajstić information content (AvgIpc) is 1.57. The third-order valence-corrected chi connectivity index (χ3v) is 20.6. The van der Waals surface area contributed by atoms with Crippen LogP contribution in [0.3, 0.4) is 0 Å². The number of fused-ring (bicyclic) bond motifs is 13. The summed E-state index contributed by atoms with van der Waals surface area (Å²) in [6.45, 7) is 0. The highest BCUT2D eigenvalue weighted by atomic mass is 15.0. The van der Waals surface area contributed by atoms with E-state index in [-0.39, 0.29) is 0 Å². The second-order valence-corrected chi connectivity index (χ2v) is 25.9. The van der Waals surface area contributed by atoms with Crippen LogP contribution in [0.15, 0.2) is 364 Å². The molecule has 456 valence electrons. The van der Waals surface area contributed by atoms with Gasteiger partial charge in [0, 0.05) is 65.8 Å². The first-order chi connectivity index (χ1) is 48.6. The number of aromatic nitrogens is 4. The van der Waals surface area contributed by atoms with Gasteiger partial charge in [0.25, 0.3) is 0 Å². The van der Waals surface area contributed by atoms with Crippen LogP contribution in [-0.2, 0) is 0 Å². The molecule has 20 rings (SSSR count). The number of nitrogens with zero attached hydrogens (tertiary/aromatic N) is 4. The summed E-state index contributed by atoms with van der Waals surface area (Å²) in [4.78, 5) is 0. The minimum Gasteiger partial charge on any atom is -0.309 e. The predicted octanol–water partition coefficient (Wildman–Crippen LogP) is 25.2. The van der Waals surface area contributed by atoms with Crippen molar-refractivity contribution in [1.29, 1.82) is 0 Å². The monoisotopic (exact) mass is 1240 g/mol. The molecule has 98 heavy (non-hydrogen) atoms. The number of rotatable bonds is 10. The van der Waals surface area contributed by atoms with Gasteiger partial charge >= 0.3 is 0 Å². The number of hydrogen-bond donors (Lipinski definition) is 0. The molecule has 0 unspecified atom stereocenters. The van der Waals surface area contributed by atoms with E-state index in [1.165, 1.54) is 165 Å². The molecule has 0 aliphatic carbocycles. The molecule has 0 fully saturated rings. The Morgan fingerprint density at radius 1 is 0.143 bits per heavy atom. The van der Waals surface area contributed by atoms with E-state index in [0.717, 1.165) is 22.7 Å². The topological polar surface area (TPSA) is 19.7 Å². The van der Waals surface area contributed by atoms with Crippen molar-refractivity contribution in [3.05, 3.63) is 364 Å². The third-order valence-electron chi connectivity index (χ3n) is 20.6. The van der Waals surface area contributed by atoms with Crippen molar-refractivity contribution in [1.82, 2.24) is 18.3 Å². The van der Waals surface area contributed by atoms with E-state index >= 15 is 0 Å². The van der Waals surface area contributed by atoms with Gasteiger partial charge in [-0.15, -0.1) is 0 Å². The summed E-state index contributed by atoms with van der Waals surface area (Å²) >= 11 is 0. The first-order valence-electron chi connectivity index (χ1n) is 33.8. The van der Waals surface area contributed by atoms with Crippen molar-refractivity contribution in [2.45, 2.75) is 0 Å². The standard InChI is InChI=1S/C94H60N4/c1-3-19-61(20-4-1)64-45-52-71(53-46-64)95-83-31-11-7-23-79(83)91-75(27-15-35-87(91)95)76-28-16-36-88-92(76)80-24-8-13-33-85(80)97(88)73-56-49-66(50-57-73)63-39-41-67(42-40-63)68-43-44-70-60-74(58-51-69(70)59-68)98-86-34-14-10-26-82(86)94-78(30-18-38-90(94)98)77-29-17-37-89-93(77)81-25-9-12-32-84(81)96(89)72-54-47-65(48-55-72)62-21-5-2-6-22-62/h1-60H. The van der Waals surface area contributed by atoms with Gasteiger partial charge in [0.1, 0.15) is 0 Å². The van der Waals surface area contributed by atoms with Crippen LogP contribution in [-0.4, -0.2) is 18.3 Å². The number of para-hydroxylation sites is 4. The van der Waals surface area contributed by atoms with Crippen molar-refractivity contribution < 1.29 is 0 Å². The lowest BCUT2D eigenvalue weighted by Gasteiger charge is -2.12. The molecule has 0 bridgehead atoms. The van der Waals surface area contributed by atoms with E-state index in [9.17, 15) is 0 Å². The van der Waals surface area contributed by atoms with Gasteiger partial charge in [-0.3, -0.25) is 0 Å². The van der Waals surface area contributed by atoms with Crippen LogP contribution >= 0.6 is 0 Å². The Balaban J connectivity index is 0.606. The quantitative estimate of drug-likeness (QED) is 0.130. The highest BCUT2D eigenvalue weighted by molar-refractivity contribution is 6.24.